The summed E-state index contributed by atoms with van der Waals surface area (Å²) in [6, 6.07) is 0.815. The summed E-state index contributed by atoms with van der Waals surface area (Å²) >= 11 is 0. The van der Waals surface area contributed by atoms with Gasteiger partial charge in [0, 0.05) is 10.6 Å². The molecule has 1 saturated carbocycles. The van der Waals surface area contributed by atoms with Crippen LogP contribution >= 0.6 is 0 Å². The van der Waals surface area contributed by atoms with Crippen LogP contribution in [0.3, 0.4) is 0 Å². The van der Waals surface area contributed by atoms with Crippen LogP contribution in [0.25, 0.3) is 0 Å². The van der Waals surface area contributed by atoms with Crippen molar-refractivity contribution in [2.45, 2.75) is 37.6 Å². The summed E-state index contributed by atoms with van der Waals surface area (Å²) in [5.74, 6) is -6.50. The smallest absolute Gasteiger partial charge is 0.328 e. The summed E-state index contributed by atoms with van der Waals surface area (Å²) in [4.78, 5) is 13.2. The molecule has 7 heteroatoms. The molecule has 0 aromatic heterocycles. The van der Waals surface area contributed by atoms with Crippen LogP contribution in [0.1, 0.15) is 25.7 Å². The van der Waals surface area contributed by atoms with Gasteiger partial charge in [-0.2, -0.15) is 14.0 Å². The van der Waals surface area contributed by atoms with E-state index >= 15 is 0 Å². The second-order valence-electron chi connectivity index (χ2n) is 3.99. The van der Waals surface area contributed by atoms with Gasteiger partial charge in [-0.05, 0) is 19.3 Å². The molecule has 1 fully saturated rings. The van der Waals surface area contributed by atoms with Crippen molar-refractivity contribution in [3.63, 3.8) is 0 Å². The summed E-state index contributed by atoms with van der Waals surface area (Å²) in [6.07, 6.45) is 0.263. The summed E-state index contributed by atoms with van der Waals surface area (Å²) < 4.78 is 38.6. The molecule has 0 aliphatic heterocycles. The zero-order valence-electron chi connectivity index (χ0n) is 8.38. The minimum Gasteiger partial charge on any atom is -0.328 e. The fourth-order valence-electron chi connectivity index (χ4n) is 2.02. The van der Waals surface area contributed by atoms with Gasteiger partial charge in [0.15, 0.2) is 0 Å². The van der Waals surface area contributed by atoms with Crippen molar-refractivity contribution in [1.82, 2.24) is 0 Å². The third-order valence-corrected chi connectivity index (χ3v) is 2.93. The molecule has 0 bridgehead atoms. The van der Waals surface area contributed by atoms with Crippen LogP contribution in [0.15, 0.2) is 0 Å². The fourth-order valence-corrected chi connectivity index (χ4v) is 2.02. The highest BCUT2D eigenvalue weighted by atomic mass is 19.3. The monoisotopic (exact) mass is 236 g/mol. The van der Waals surface area contributed by atoms with Crippen LogP contribution in [0, 0.1) is 16.7 Å². The second kappa shape index (κ2) is 4.29. The summed E-state index contributed by atoms with van der Waals surface area (Å²) in [7, 11) is 0. The molecule has 1 rings (SSSR count). The molecular formula is C9H11F3N2O2. The van der Waals surface area contributed by atoms with Crippen LogP contribution in [-0.2, 0) is 9.74 Å². The number of hydrogen-bond donors (Lipinski definition) is 1. The minimum atomic E-state index is -4.17. The van der Waals surface area contributed by atoms with Gasteiger partial charge >= 0.3 is 11.9 Å². The van der Waals surface area contributed by atoms with E-state index in [1.807, 2.05) is 0 Å². The van der Waals surface area contributed by atoms with Crippen LogP contribution in [0.5, 0.6) is 0 Å². The van der Waals surface area contributed by atoms with Gasteiger partial charge in [0.2, 0.25) is 0 Å². The maximum Gasteiger partial charge on any atom is 0.419 e. The number of hydrogen-bond acceptors (Lipinski definition) is 4. The fraction of sp³-hybridized carbons (Fsp3) is 0.778. The molecule has 0 saturated heterocycles. The lowest BCUT2D eigenvalue weighted by molar-refractivity contribution is -0.227. The van der Waals surface area contributed by atoms with Gasteiger partial charge in [-0.3, -0.25) is 0 Å². The van der Waals surface area contributed by atoms with Crippen LogP contribution < -0.4 is 5.73 Å². The largest absolute Gasteiger partial charge is 0.419 e. The Bertz CT molecular complexity index is 329. The minimum absolute atomic E-state index is 0.195. The summed E-state index contributed by atoms with van der Waals surface area (Å²) in [5.41, 5.74) is 3.24. The third kappa shape index (κ3) is 1.85. The zero-order chi connectivity index (χ0) is 12.4. The van der Waals surface area contributed by atoms with Crippen molar-refractivity contribution < 1.29 is 23.0 Å². The molecule has 4 nitrogen and oxygen atoms in total. The van der Waals surface area contributed by atoms with E-state index in [0.29, 0.717) is 12.8 Å². The average Bonchev–Trinajstić information content (AvgIpc) is 2.27. The molecule has 1 aliphatic rings. The number of nitriles is 1. The van der Waals surface area contributed by atoms with Gasteiger partial charge in [0.1, 0.15) is 5.41 Å². The molecular weight excluding hydrogens is 225 g/mol. The number of alkyl halides is 2. The lowest BCUT2D eigenvalue weighted by Crippen LogP contribution is -2.51. The molecule has 16 heavy (non-hydrogen) atoms. The van der Waals surface area contributed by atoms with E-state index in [1.165, 1.54) is 6.07 Å². The van der Waals surface area contributed by atoms with Crippen molar-refractivity contribution in [3.8, 4) is 6.07 Å². The van der Waals surface area contributed by atoms with Crippen molar-refractivity contribution in [2.24, 2.45) is 11.1 Å². The molecule has 0 radical (unpaired) electrons. The molecule has 2 atom stereocenters. The van der Waals surface area contributed by atoms with Crippen LogP contribution in [0.4, 0.5) is 13.3 Å². The molecule has 2 N–H and O–H groups in total. The van der Waals surface area contributed by atoms with Crippen molar-refractivity contribution in [3.05, 3.63) is 0 Å². The molecule has 0 aromatic rings. The van der Waals surface area contributed by atoms with Gasteiger partial charge in [-0.25, -0.2) is 9.74 Å². The van der Waals surface area contributed by atoms with E-state index in [4.69, 9.17) is 11.0 Å². The molecule has 0 amide bonds. The standard InChI is InChI=1S/C9H11F3N2O2/c10-9(11,7(15)16-12)8(5-13)3-1-2-6(14)4-8/h6H,1-4,14H2. The summed E-state index contributed by atoms with van der Waals surface area (Å²) in [6.45, 7) is 0. The van der Waals surface area contributed by atoms with Gasteiger partial charge in [0.25, 0.3) is 0 Å². The first-order valence-electron chi connectivity index (χ1n) is 4.77. The predicted molar refractivity (Wildman–Crippen MR) is 46.6 cm³/mol. The first-order chi connectivity index (χ1) is 7.39. The third-order valence-electron chi connectivity index (χ3n) is 2.93. The molecule has 0 aromatic carbocycles. The van der Waals surface area contributed by atoms with Crippen molar-refractivity contribution in [1.29, 1.82) is 5.26 Å². The number of halogens is 3. The first kappa shape index (κ1) is 12.8. The van der Waals surface area contributed by atoms with E-state index in [2.05, 4.69) is 4.94 Å². The quantitative estimate of drug-likeness (QED) is 0.787. The van der Waals surface area contributed by atoms with E-state index < -0.39 is 23.3 Å². The molecule has 0 heterocycles. The van der Waals surface area contributed by atoms with Crippen LogP contribution in [0.2, 0.25) is 0 Å². The molecule has 90 valence electrons. The Morgan fingerprint density at radius 3 is 2.69 bits per heavy atom. The van der Waals surface area contributed by atoms with Crippen LogP contribution in [-0.4, -0.2) is 17.9 Å². The van der Waals surface area contributed by atoms with Gasteiger partial charge in [-0.15, -0.1) is 0 Å². The lowest BCUT2D eigenvalue weighted by Gasteiger charge is -2.37. The Morgan fingerprint density at radius 2 is 2.25 bits per heavy atom. The molecule has 1 aliphatic carbocycles. The van der Waals surface area contributed by atoms with Gasteiger partial charge < -0.3 is 5.73 Å². The van der Waals surface area contributed by atoms with E-state index in [9.17, 15) is 18.1 Å². The van der Waals surface area contributed by atoms with E-state index in [-0.39, 0.29) is 12.8 Å². The average molecular weight is 236 g/mol. The highest BCUT2D eigenvalue weighted by Crippen LogP contribution is 2.47. The van der Waals surface area contributed by atoms with Gasteiger partial charge in [-0.1, -0.05) is 6.42 Å². The Hall–Kier alpha value is -1.29. The Labute approximate surface area is 90.1 Å². The number of carbonyl (C=O) groups is 1. The van der Waals surface area contributed by atoms with Gasteiger partial charge in [0.05, 0.1) is 6.07 Å². The number of rotatable bonds is 2. The molecule has 0 spiro atoms. The number of nitrogens with two attached hydrogens (primary N) is 1. The second-order valence-corrected chi connectivity index (χ2v) is 3.99. The summed E-state index contributed by atoms with van der Waals surface area (Å²) in [5, 5.41) is 8.82. The lowest BCUT2D eigenvalue weighted by atomic mass is 9.69. The van der Waals surface area contributed by atoms with Crippen molar-refractivity contribution >= 4 is 5.97 Å². The Balaban J connectivity index is 3.04. The normalized spacial score (nSPS) is 30.6. The topological polar surface area (TPSA) is 76.1 Å². The maximum atomic E-state index is 13.5. The Morgan fingerprint density at radius 1 is 1.62 bits per heavy atom. The van der Waals surface area contributed by atoms with Crippen molar-refractivity contribution in [2.75, 3.05) is 0 Å². The first-order valence-corrected chi connectivity index (χ1v) is 4.77. The predicted octanol–water partition coefficient (Wildman–Crippen LogP) is 1.46. The van der Waals surface area contributed by atoms with E-state index in [1.54, 1.807) is 0 Å². The maximum absolute atomic E-state index is 13.5. The zero-order valence-corrected chi connectivity index (χ0v) is 8.38. The highest BCUT2D eigenvalue weighted by Gasteiger charge is 2.62. The highest BCUT2D eigenvalue weighted by molar-refractivity contribution is 5.78. The number of carbonyl (C=O) groups excluding carboxylic acids is 1. The van der Waals surface area contributed by atoms with E-state index in [0.717, 1.165) is 0 Å². The Kier molecular flexibility index (Phi) is 3.43. The number of nitrogens with zero attached hydrogens (tertiary/aromatic N) is 1. The molecule has 2 unspecified atom stereocenters. The SMILES string of the molecule is N#CC1(C(F)(F)C(=O)OF)CCCC(N)C1.